The van der Waals surface area contributed by atoms with Crippen molar-refractivity contribution in [2.75, 3.05) is 23.0 Å². The predicted molar refractivity (Wildman–Crippen MR) is 240 cm³/mol. The third-order valence-corrected chi connectivity index (χ3v) is 13.7. The molecule has 336 valence electrons. The maximum Gasteiger partial charge on any atom is 1.00 e. The van der Waals surface area contributed by atoms with Crippen molar-refractivity contribution in [1.29, 1.82) is 0 Å². The Morgan fingerprint density at radius 3 is 2.22 bits per heavy atom. The van der Waals surface area contributed by atoms with E-state index in [1.165, 1.54) is 12.1 Å². The Morgan fingerprint density at radius 2 is 1.57 bits per heavy atom. The number of hydrogen-bond acceptors (Lipinski definition) is 10. The average Bonchev–Trinajstić information content (AvgIpc) is 3.53. The van der Waals surface area contributed by atoms with E-state index < -0.39 is 52.9 Å². The van der Waals surface area contributed by atoms with Crippen molar-refractivity contribution in [2.45, 2.75) is 94.9 Å². The number of benzene rings is 2. The number of aryl methyl sites for hydroxylation is 2. The van der Waals surface area contributed by atoms with E-state index in [1.54, 1.807) is 12.3 Å². The Labute approximate surface area is 399 Å². The summed E-state index contributed by atoms with van der Waals surface area (Å²) < 4.78 is 102. The van der Waals surface area contributed by atoms with Gasteiger partial charge in [-0.1, -0.05) is 74.0 Å². The molecule has 0 fully saturated rings. The van der Waals surface area contributed by atoms with Crippen LogP contribution < -0.4 is 39.0 Å². The molecule has 19 heteroatoms. The first-order chi connectivity index (χ1) is 28.9. The molecule has 0 radical (unpaired) electrons. The number of anilines is 1. The molecule has 2 aromatic carbocycles. The summed E-state index contributed by atoms with van der Waals surface area (Å²) in [5, 5.41) is 9.70. The molecule has 0 saturated carbocycles. The van der Waals surface area contributed by atoms with E-state index >= 15 is 0 Å². The van der Waals surface area contributed by atoms with Gasteiger partial charge in [-0.2, -0.15) is 16.8 Å². The van der Waals surface area contributed by atoms with E-state index in [4.69, 9.17) is 21.1 Å². The van der Waals surface area contributed by atoms with Crippen molar-refractivity contribution in [3.05, 3.63) is 124 Å². The third kappa shape index (κ3) is 14.0. The van der Waals surface area contributed by atoms with Gasteiger partial charge in [-0.25, -0.2) is 13.0 Å². The van der Waals surface area contributed by atoms with Crippen LogP contribution in [0.5, 0.6) is 0 Å². The molecule has 0 saturated heterocycles. The van der Waals surface area contributed by atoms with Crippen molar-refractivity contribution < 1.29 is 84.4 Å². The standard InChI is InChI=1S/C44H52ClN3O11S3.Na.H/c1-43(2)37-28-34(45)30-47(23-5-7-25-60(51,52)53)42(37)46-39(43)18-11-15-32(33-17-9-13-31(27-33)14-10-20-41(49)50)16-12-19-40-44(3,4)36-29-35(62(57,58)59)21-22-38(36)48(40)24-6-8-26-61(54,55)56;;/h9,11-13,15-19,21-22,27-30H,5-8,10,14,20,23-26H2,1-4H3,(H3-,49,50,51,52,53,54,55,56,57,58,59);;/q;+1;-1. The van der Waals surface area contributed by atoms with Crippen LogP contribution in [0.1, 0.15) is 89.9 Å². The van der Waals surface area contributed by atoms with Crippen LogP contribution in [0.2, 0.25) is 5.02 Å². The minimum absolute atomic E-state index is 0. The van der Waals surface area contributed by atoms with Gasteiger partial charge in [0.1, 0.15) is 16.3 Å². The largest absolute Gasteiger partial charge is 1.00 e. The van der Waals surface area contributed by atoms with Crippen LogP contribution in [-0.2, 0) is 58.9 Å². The minimum Gasteiger partial charge on any atom is -1.00 e. The zero-order valence-corrected chi connectivity index (χ0v) is 41.2. The number of unbranched alkanes of at least 4 members (excludes halogenated alkanes) is 2. The second-order valence-corrected chi connectivity index (χ2v) is 21.4. The van der Waals surface area contributed by atoms with E-state index in [-0.39, 0.29) is 60.9 Å². The van der Waals surface area contributed by atoms with Gasteiger partial charge < -0.3 is 16.0 Å². The fraction of sp³-hybridized carbons (Fsp3) is 0.386. The van der Waals surface area contributed by atoms with Gasteiger partial charge in [0.25, 0.3) is 20.2 Å². The summed E-state index contributed by atoms with van der Waals surface area (Å²) in [6.45, 7) is 8.65. The van der Waals surface area contributed by atoms with Crippen LogP contribution in [-0.4, -0.2) is 73.7 Å². The molecule has 0 bridgehead atoms. The van der Waals surface area contributed by atoms with E-state index in [1.807, 2.05) is 104 Å². The zero-order chi connectivity index (χ0) is 45.7. The molecule has 3 heterocycles. The number of fused-ring (bicyclic) bond motifs is 2. The first kappa shape index (κ1) is 52.1. The van der Waals surface area contributed by atoms with Gasteiger partial charge in [0.05, 0.1) is 38.9 Å². The quantitative estimate of drug-likeness (QED) is 0.0464. The third-order valence-electron chi connectivity index (χ3n) is 11.0. The first-order valence-corrected chi connectivity index (χ1v) is 25.1. The Hall–Kier alpha value is -3.49. The van der Waals surface area contributed by atoms with Crippen molar-refractivity contribution in [1.82, 2.24) is 0 Å². The second kappa shape index (κ2) is 21.2. The van der Waals surface area contributed by atoms with Crippen LogP contribution in [0.4, 0.5) is 11.5 Å². The van der Waals surface area contributed by atoms with Gasteiger partial charge in [0.2, 0.25) is 0 Å². The maximum absolute atomic E-state index is 12.0. The molecule has 2 aliphatic heterocycles. The zero-order valence-electron chi connectivity index (χ0n) is 37.0. The number of carboxylic acid groups (broad SMARTS) is 1. The molecule has 0 aliphatic carbocycles. The Bertz CT molecular complexity index is 2720. The van der Waals surface area contributed by atoms with Gasteiger partial charge in [0, 0.05) is 29.8 Å². The molecule has 3 N–H and O–H groups in total. The molecule has 3 aromatic rings. The van der Waals surface area contributed by atoms with Crippen molar-refractivity contribution in [3.8, 4) is 0 Å². The number of pyridine rings is 1. The van der Waals surface area contributed by atoms with Gasteiger partial charge in [0.15, 0.2) is 5.71 Å². The number of carbonyl (C=O) groups is 1. The molecule has 2 aliphatic rings. The molecule has 0 spiro atoms. The molecule has 14 nitrogen and oxygen atoms in total. The molecule has 0 atom stereocenters. The molecule has 0 unspecified atom stereocenters. The van der Waals surface area contributed by atoms with Crippen molar-refractivity contribution >= 4 is 70.7 Å². The van der Waals surface area contributed by atoms with E-state index in [0.717, 1.165) is 33.7 Å². The monoisotopic (exact) mass is 953 g/mol. The maximum atomic E-state index is 12.0. The smallest absolute Gasteiger partial charge is 1.00 e. The average molecular weight is 955 g/mol. The Balaban J connectivity index is 0.00000544. The van der Waals surface area contributed by atoms with Gasteiger partial charge in [-0.05, 0) is 116 Å². The van der Waals surface area contributed by atoms with Crippen molar-refractivity contribution in [2.24, 2.45) is 4.99 Å². The molecule has 0 amide bonds. The topological polar surface area (TPSA) is 223 Å². The summed E-state index contributed by atoms with van der Waals surface area (Å²) in [4.78, 5) is 17.8. The molecular formula is C44H53ClN3NaO11S3. The fourth-order valence-corrected chi connectivity index (χ4v) is 9.61. The van der Waals surface area contributed by atoms with Gasteiger partial charge in [-0.3, -0.25) is 13.9 Å². The summed E-state index contributed by atoms with van der Waals surface area (Å²) in [5.74, 6) is -0.936. The second-order valence-electron chi connectivity index (χ2n) is 16.4. The minimum atomic E-state index is -4.75. The number of hydrogen-bond donors (Lipinski definition) is 3. The van der Waals surface area contributed by atoms with Gasteiger partial charge >= 0.3 is 41.3 Å². The predicted octanol–water partition coefficient (Wildman–Crippen LogP) is 4.63. The van der Waals surface area contributed by atoms with Crippen LogP contribution in [0, 0.1) is 0 Å². The summed E-state index contributed by atoms with van der Waals surface area (Å²) in [6, 6.07) is 13.9. The number of allylic oxidation sites excluding steroid dienone is 8. The number of halogens is 1. The number of aromatic nitrogens is 1. The van der Waals surface area contributed by atoms with E-state index in [2.05, 4.69) is 0 Å². The van der Waals surface area contributed by atoms with Crippen LogP contribution in [0.25, 0.3) is 5.57 Å². The molecule has 5 rings (SSSR count). The van der Waals surface area contributed by atoms with Crippen molar-refractivity contribution in [3.63, 3.8) is 0 Å². The Morgan fingerprint density at radius 1 is 0.889 bits per heavy atom. The number of carboxylic acids is 1. The number of aliphatic carboxylic acids is 1. The normalized spacial score (nSPS) is 16.7. The van der Waals surface area contributed by atoms with Crippen LogP contribution in [0.15, 0.2) is 107 Å². The Kier molecular flexibility index (Phi) is 17.6. The SMILES string of the molecule is CC1(C)C(=CC=CC(=CC=CC2=Nc3c(cc(Cl)c[n+]3CCCCS(=O)(=O)O)C2(C)C)c2cccc(CCCC(=O)O)c2)N(CCCCS(=O)(=O)O)c2ccc(S(=O)(=O)[O-])cc21.[H-].[Na+]. The van der Waals surface area contributed by atoms with Gasteiger partial charge in [-0.15, -0.1) is 0 Å². The number of rotatable bonds is 20. The molecular weight excluding hydrogens is 901 g/mol. The summed E-state index contributed by atoms with van der Waals surface area (Å²) >= 11 is 6.54. The first-order valence-electron chi connectivity index (χ1n) is 20.1. The summed E-state index contributed by atoms with van der Waals surface area (Å²) in [5.41, 5.74) is 4.94. The summed E-state index contributed by atoms with van der Waals surface area (Å²) in [6.07, 6.45) is 15.5. The van der Waals surface area contributed by atoms with E-state index in [9.17, 15) is 44.3 Å². The molecule has 63 heavy (non-hydrogen) atoms. The van der Waals surface area contributed by atoms with E-state index in [0.29, 0.717) is 60.9 Å². The van der Waals surface area contributed by atoms with Crippen LogP contribution >= 0.6 is 11.6 Å². The van der Waals surface area contributed by atoms with Crippen LogP contribution in [0.3, 0.4) is 0 Å². The number of aliphatic imine (C=N–C) groups is 1. The number of nitrogens with zero attached hydrogens (tertiary/aromatic N) is 3. The summed E-state index contributed by atoms with van der Waals surface area (Å²) in [7, 11) is -13.0. The fourth-order valence-electron chi connectivity index (χ4n) is 7.75. The molecule has 1 aromatic heterocycles.